The quantitative estimate of drug-likeness (QED) is 0.365. The highest BCUT2D eigenvalue weighted by Gasteiger charge is 2.17. The van der Waals surface area contributed by atoms with E-state index in [1.165, 1.54) is 10.9 Å². The average Bonchev–Trinajstić information content (AvgIpc) is 3.33. The third kappa shape index (κ3) is 4.92. The van der Waals surface area contributed by atoms with Crippen LogP contribution in [-0.2, 0) is 6.54 Å². The Morgan fingerprint density at radius 3 is 2.74 bits per heavy atom. The number of nitrogens with one attached hydrogen (secondary N) is 2. The molecule has 0 fully saturated rings. The lowest BCUT2D eigenvalue weighted by molar-refractivity contribution is 0.258. The summed E-state index contributed by atoms with van der Waals surface area (Å²) in [6.45, 7) is 2.56. The van der Waals surface area contributed by atoms with Crippen LogP contribution in [0.15, 0.2) is 64.3 Å². The first kappa shape index (κ1) is 19.0. The van der Waals surface area contributed by atoms with Crippen LogP contribution in [0.25, 0.3) is 10.9 Å². The van der Waals surface area contributed by atoms with Crippen molar-refractivity contribution in [1.29, 1.82) is 0 Å². The molecule has 6 nitrogen and oxygen atoms in total. The predicted molar refractivity (Wildman–Crippen MR) is 111 cm³/mol. The molecule has 1 atom stereocenters. The molecule has 2 heterocycles. The number of para-hydroxylation sites is 1. The van der Waals surface area contributed by atoms with Crippen molar-refractivity contribution in [3.05, 3.63) is 60.7 Å². The van der Waals surface area contributed by atoms with Gasteiger partial charge in [0, 0.05) is 38.4 Å². The lowest BCUT2D eigenvalue weighted by Crippen LogP contribution is -2.42. The van der Waals surface area contributed by atoms with E-state index >= 15 is 0 Å². The van der Waals surface area contributed by atoms with Crippen LogP contribution in [0, 0.1) is 0 Å². The maximum absolute atomic E-state index is 5.55. The number of aromatic nitrogens is 1. The summed E-state index contributed by atoms with van der Waals surface area (Å²) in [6.07, 6.45) is 4.89. The summed E-state index contributed by atoms with van der Waals surface area (Å²) < 4.78 is 7.85. The van der Waals surface area contributed by atoms with E-state index in [0.717, 1.165) is 37.8 Å². The van der Waals surface area contributed by atoms with E-state index < -0.39 is 0 Å². The summed E-state index contributed by atoms with van der Waals surface area (Å²) >= 11 is 0. The SMILES string of the molecule is CN=C(NCCCn1ccc2ccccc21)NCC(c1ccco1)N(C)C. The highest BCUT2D eigenvalue weighted by molar-refractivity contribution is 5.80. The van der Waals surface area contributed by atoms with Crippen molar-refractivity contribution in [2.45, 2.75) is 19.0 Å². The Hall–Kier alpha value is -2.73. The van der Waals surface area contributed by atoms with E-state index in [-0.39, 0.29) is 6.04 Å². The fourth-order valence-corrected chi connectivity index (χ4v) is 3.22. The minimum atomic E-state index is 0.157. The smallest absolute Gasteiger partial charge is 0.191 e. The first-order chi connectivity index (χ1) is 13.2. The molecule has 0 saturated heterocycles. The lowest BCUT2D eigenvalue weighted by atomic mass is 10.2. The van der Waals surface area contributed by atoms with E-state index in [1.54, 1.807) is 13.3 Å². The molecule has 1 unspecified atom stereocenters. The Morgan fingerprint density at radius 1 is 1.15 bits per heavy atom. The Bertz CT molecular complexity index is 850. The second kappa shape index (κ2) is 9.28. The summed E-state index contributed by atoms with van der Waals surface area (Å²) in [5, 5.41) is 8.08. The second-order valence-electron chi connectivity index (χ2n) is 6.80. The molecule has 0 bridgehead atoms. The highest BCUT2D eigenvalue weighted by Crippen LogP contribution is 2.17. The molecule has 6 heteroatoms. The van der Waals surface area contributed by atoms with Gasteiger partial charge in [0.1, 0.15) is 5.76 Å². The van der Waals surface area contributed by atoms with Crippen molar-refractivity contribution in [2.75, 3.05) is 34.2 Å². The molecule has 3 rings (SSSR count). The Labute approximate surface area is 160 Å². The summed E-state index contributed by atoms with van der Waals surface area (Å²) in [6, 6.07) is 14.7. The Kier molecular flexibility index (Phi) is 6.54. The molecule has 0 radical (unpaired) electrons. The molecule has 0 aliphatic rings. The molecule has 0 amide bonds. The van der Waals surface area contributed by atoms with Crippen LogP contribution in [0.1, 0.15) is 18.2 Å². The van der Waals surface area contributed by atoms with Crippen molar-refractivity contribution in [3.8, 4) is 0 Å². The number of hydrogen-bond donors (Lipinski definition) is 2. The molecular formula is C21H29N5O. The van der Waals surface area contributed by atoms with Crippen LogP contribution in [-0.4, -0.2) is 49.7 Å². The number of furan rings is 1. The number of aliphatic imine (C=N–C) groups is 1. The Morgan fingerprint density at radius 2 is 2.00 bits per heavy atom. The van der Waals surface area contributed by atoms with Crippen LogP contribution in [0.5, 0.6) is 0 Å². The predicted octanol–water partition coefficient (Wildman–Crippen LogP) is 3.09. The third-order valence-electron chi connectivity index (χ3n) is 4.73. The lowest BCUT2D eigenvalue weighted by Gasteiger charge is -2.23. The summed E-state index contributed by atoms with van der Waals surface area (Å²) in [4.78, 5) is 6.46. The number of fused-ring (bicyclic) bond motifs is 1. The number of likely N-dealkylation sites (N-methyl/N-ethyl adjacent to an activating group) is 1. The molecule has 2 aromatic heterocycles. The maximum atomic E-state index is 5.55. The summed E-state index contributed by atoms with van der Waals surface area (Å²) in [5.41, 5.74) is 1.28. The molecule has 144 valence electrons. The molecular weight excluding hydrogens is 338 g/mol. The normalized spacial score (nSPS) is 13.3. The van der Waals surface area contributed by atoms with Gasteiger partial charge in [-0.3, -0.25) is 9.89 Å². The van der Waals surface area contributed by atoms with Gasteiger partial charge in [0.2, 0.25) is 0 Å². The van der Waals surface area contributed by atoms with Crippen molar-refractivity contribution in [2.24, 2.45) is 4.99 Å². The Balaban J connectivity index is 1.45. The number of guanidine groups is 1. The third-order valence-corrected chi connectivity index (χ3v) is 4.73. The number of nitrogens with zero attached hydrogens (tertiary/aromatic N) is 3. The van der Waals surface area contributed by atoms with E-state index in [0.29, 0.717) is 0 Å². The van der Waals surface area contributed by atoms with Gasteiger partial charge in [-0.05, 0) is 50.2 Å². The number of aryl methyl sites for hydroxylation is 1. The van der Waals surface area contributed by atoms with Crippen molar-refractivity contribution in [1.82, 2.24) is 20.1 Å². The van der Waals surface area contributed by atoms with Gasteiger partial charge in [-0.25, -0.2) is 0 Å². The number of hydrogen-bond acceptors (Lipinski definition) is 3. The minimum absolute atomic E-state index is 0.157. The van der Waals surface area contributed by atoms with E-state index in [9.17, 15) is 0 Å². The highest BCUT2D eigenvalue weighted by atomic mass is 16.3. The van der Waals surface area contributed by atoms with Crippen molar-refractivity contribution >= 4 is 16.9 Å². The number of rotatable bonds is 8. The zero-order valence-electron chi connectivity index (χ0n) is 16.4. The van der Waals surface area contributed by atoms with Crippen LogP contribution < -0.4 is 10.6 Å². The summed E-state index contributed by atoms with van der Waals surface area (Å²) in [7, 11) is 5.89. The molecule has 1 aromatic carbocycles. The fraction of sp³-hybridized carbons (Fsp3) is 0.381. The molecule has 3 aromatic rings. The van der Waals surface area contributed by atoms with Gasteiger partial charge in [0.05, 0.1) is 12.3 Å². The van der Waals surface area contributed by atoms with Gasteiger partial charge in [-0.15, -0.1) is 0 Å². The van der Waals surface area contributed by atoms with Gasteiger partial charge < -0.3 is 19.6 Å². The van der Waals surface area contributed by atoms with Gasteiger partial charge in [0.15, 0.2) is 5.96 Å². The molecule has 0 spiro atoms. The van der Waals surface area contributed by atoms with E-state index in [1.807, 2.05) is 26.2 Å². The monoisotopic (exact) mass is 367 g/mol. The van der Waals surface area contributed by atoms with Gasteiger partial charge in [-0.1, -0.05) is 18.2 Å². The van der Waals surface area contributed by atoms with Crippen LogP contribution in [0.3, 0.4) is 0 Å². The average molecular weight is 367 g/mol. The molecule has 0 aliphatic heterocycles. The molecule has 0 aliphatic carbocycles. The summed E-state index contributed by atoms with van der Waals surface area (Å²) in [5.74, 6) is 1.76. The van der Waals surface area contributed by atoms with Crippen LogP contribution in [0.4, 0.5) is 0 Å². The zero-order valence-corrected chi connectivity index (χ0v) is 16.4. The van der Waals surface area contributed by atoms with Gasteiger partial charge >= 0.3 is 0 Å². The van der Waals surface area contributed by atoms with Crippen molar-refractivity contribution in [3.63, 3.8) is 0 Å². The second-order valence-corrected chi connectivity index (χ2v) is 6.80. The fourth-order valence-electron chi connectivity index (χ4n) is 3.22. The standard InChI is InChI=1S/C21H29N5O/c1-22-21(24-16-19(25(2)3)20-10-6-15-27-20)23-12-7-13-26-14-11-17-8-4-5-9-18(17)26/h4-6,8-11,14-15,19H,7,12-13,16H2,1-3H3,(H2,22,23,24). The molecule has 0 saturated carbocycles. The maximum Gasteiger partial charge on any atom is 0.191 e. The van der Waals surface area contributed by atoms with E-state index in [4.69, 9.17) is 4.42 Å². The number of benzene rings is 1. The van der Waals surface area contributed by atoms with Crippen LogP contribution in [0.2, 0.25) is 0 Å². The van der Waals surface area contributed by atoms with Gasteiger partial charge in [0.25, 0.3) is 0 Å². The first-order valence-corrected chi connectivity index (χ1v) is 9.37. The van der Waals surface area contributed by atoms with Crippen LogP contribution >= 0.6 is 0 Å². The largest absolute Gasteiger partial charge is 0.468 e. The molecule has 2 N–H and O–H groups in total. The van der Waals surface area contributed by atoms with Gasteiger partial charge in [-0.2, -0.15) is 0 Å². The zero-order chi connectivity index (χ0) is 19.1. The first-order valence-electron chi connectivity index (χ1n) is 9.37. The van der Waals surface area contributed by atoms with E-state index in [2.05, 4.69) is 61.6 Å². The van der Waals surface area contributed by atoms with Crippen molar-refractivity contribution < 1.29 is 4.42 Å². The topological polar surface area (TPSA) is 57.7 Å². The molecule has 27 heavy (non-hydrogen) atoms. The minimum Gasteiger partial charge on any atom is -0.468 e.